The predicted octanol–water partition coefficient (Wildman–Crippen LogP) is 2.47. The minimum atomic E-state index is 1.13. The Hall–Kier alpha value is -0.870. The maximum Gasteiger partial charge on any atom is -0.0118 e. The lowest BCUT2D eigenvalue weighted by Crippen LogP contribution is -1.97. The molecule has 0 spiro atoms. The van der Waals surface area contributed by atoms with Gasteiger partial charge in [-0.25, -0.2) is 0 Å². The summed E-state index contributed by atoms with van der Waals surface area (Å²) >= 11 is 0. The van der Waals surface area contributed by atoms with Crippen LogP contribution in [0.1, 0.15) is 11.1 Å². The summed E-state index contributed by atoms with van der Waals surface area (Å²) in [5.74, 6) is 0. The first-order chi connectivity index (χ1) is 5.29. The number of rotatable bonds is 2. The van der Waals surface area contributed by atoms with E-state index in [1.807, 2.05) is 30.4 Å². The smallest absolute Gasteiger partial charge is 0.0118 e. The standard InChI is InChI=1S/C10H11P/c1-3-8-6-5-7-10(11)9(8)4-2/h3-7H,1-2,11H2. The SMILES string of the molecule is C=Cc1cccc(P)c1C=C. The third-order valence-electron chi connectivity index (χ3n) is 1.60. The fourth-order valence-electron chi connectivity index (χ4n) is 1.02. The molecule has 0 saturated heterocycles. The van der Waals surface area contributed by atoms with Crippen molar-refractivity contribution in [2.45, 2.75) is 0 Å². The molecular formula is C10H11P. The van der Waals surface area contributed by atoms with Crippen molar-refractivity contribution >= 4 is 26.7 Å². The molecule has 1 rings (SSSR count). The van der Waals surface area contributed by atoms with Crippen molar-refractivity contribution in [3.05, 3.63) is 42.5 Å². The van der Waals surface area contributed by atoms with Crippen LogP contribution in [0, 0.1) is 0 Å². The Kier molecular flexibility index (Phi) is 2.62. The zero-order valence-corrected chi connectivity index (χ0v) is 7.53. The largest absolute Gasteiger partial charge is 0.105 e. The lowest BCUT2D eigenvalue weighted by molar-refractivity contribution is 1.67. The highest BCUT2D eigenvalue weighted by atomic mass is 31.0. The Bertz CT molecular complexity index is 287. The molecule has 0 N–H and O–H groups in total. The van der Waals surface area contributed by atoms with Gasteiger partial charge in [0, 0.05) is 0 Å². The summed E-state index contributed by atoms with van der Waals surface area (Å²) in [6, 6.07) is 6.07. The second-order valence-electron chi connectivity index (χ2n) is 2.26. The van der Waals surface area contributed by atoms with Crippen LogP contribution in [-0.2, 0) is 0 Å². The highest BCUT2D eigenvalue weighted by Crippen LogP contribution is 2.11. The molecule has 0 fully saturated rings. The van der Waals surface area contributed by atoms with Gasteiger partial charge in [0.25, 0.3) is 0 Å². The summed E-state index contributed by atoms with van der Waals surface area (Å²) in [5, 5.41) is 1.16. The molecule has 0 heterocycles. The van der Waals surface area contributed by atoms with Crippen LogP contribution in [0.15, 0.2) is 31.4 Å². The summed E-state index contributed by atoms with van der Waals surface area (Å²) in [4.78, 5) is 0. The van der Waals surface area contributed by atoms with Crippen LogP contribution in [0.25, 0.3) is 12.2 Å². The zero-order chi connectivity index (χ0) is 8.27. The van der Waals surface area contributed by atoms with Crippen LogP contribution in [-0.4, -0.2) is 0 Å². The van der Waals surface area contributed by atoms with Crippen molar-refractivity contribution in [3.63, 3.8) is 0 Å². The Balaban J connectivity index is 3.35. The molecule has 1 aromatic carbocycles. The van der Waals surface area contributed by atoms with E-state index in [0.717, 1.165) is 16.4 Å². The Morgan fingerprint density at radius 3 is 2.36 bits per heavy atom. The molecule has 56 valence electrons. The Morgan fingerprint density at radius 1 is 1.18 bits per heavy atom. The molecule has 1 unspecified atom stereocenters. The van der Waals surface area contributed by atoms with E-state index < -0.39 is 0 Å². The van der Waals surface area contributed by atoms with Crippen LogP contribution in [0.5, 0.6) is 0 Å². The average Bonchev–Trinajstić information content (AvgIpc) is 2.04. The van der Waals surface area contributed by atoms with Crippen molar-refractivity contribution in [2.75, 3.05) is 0 Å². The van der Waals surface area contributed by atoms with Crippen molar-refractivity contribution in [1.82, 2.24) is 0 Å². The number of hydrogen-bond donors (Lipinski definition) is 0. The van der Waals surface area contributed by atoms with Crippen molar-refractivity contribution in [3.8, 4) is 0 Å². The summed E-state index contributed by atoms with van der Waals surface area (Å²) < 4.78 is 0. The summed E-state index contributed by atoms with van der Waals surface area (Å²) in [6.45, 7) is 7.46. The molecule has 1 aromatic rings. The fraction of sp³-hybridized carbons (Fsp3) is 0. The van der Waals surface area contributed by atoms with Gasteiger partial charge in [0.1, 0.15) is 0 Å². The van der Waals surface area contributed by atoms with E-state index in [1.54, 1.807) is 0 Å². The van der Waals surface area contributed by atoms with Crippen LogP contribution >= 0.6 is 9.24 Å². The average molecular weight is 162 g/mol. The highest BCUT2D eigenvalue weighted by Gasteiger charge is 1.96. The van der Waals surface area contributed by atoms with Gasteiger partial charge in [-0.3, -0.25) is 0 Å². The normalized spacial score (nSPS) is 9.18. The Morgan fingerprint density at radius 2 is 1.91 bits per heavy atom. The maximum absolute atomic E-state index is 3.74. The van der Waals surface area contributed by atoms with E-state index in [1.165, 1.54) is 0 Å². The summed E-state index contributed by atoms with van der Waals surface area (Å²) in [6.07, 6.45) is 3.68. The molecule has 0 amide bonds. The van der Waals surface area contributed by atoms with E-state index in [0.29, 0.717) is 0 Å². The molecule has 0 bridgehead atoms. The predicted molar refractivity (Wildman–Crippen MR) is 56.0 cm³/mol. The lowest BCUT2D eigenvalue weighted by Gasteiger charge is -2.02. The molecule has 0 aliphatic carbocycles. The van der Waals surface area contributed by atoms with Crippen LogP contribution in [0.4, 0.5) is 0 Å². The quantitative estimate of drug-likeness (QED) is 0.586. The first-order valence-electron chi connectivity index (χ1n) is 3.43. The molecule has 1 atom stereocenters. The third kappa shape index (κ3) is 1.58. The van der Waals surface area contributed by atoms with Gasteiger partial charge in [0.15, 0.2) is 0 Å². The second-order valence-corrected chi connectivity index (χ2v) is 2.88. The molecule has 0 nitrogen and oxygen atoms in total. The van der Waals surface area contributed by atoms with Crippen LogP contribution in [0.3, 0.4) is 0 Å². The van der Waals surface area contributed by atoms with Gasteiger partial charge in [0.05, 0.1) is 0 Å². The van der Waals surface area contributed by atoms with Gasteiger partial charge in [0.2, 0.25) is 0 Å². The molecular weight excluding hydrogens is 151 g/mol. The molecule has 0 aliphatic heterocycles. The van der Waals surface area contributed by atoms with Crippen LogP contribution in [0.2, 0.25) is 0 Å². The minimum absolute atomic E-state index is 1.13. The van der Waals surface area contributed by atoms with E-state index in [2.05, 4.69) is 22.4 Å². The molecule has 1 heteroatoms. The van der Waals surface area contributed by atoms with Gasteiger partial charge in [-0.1, -0.05) is 43.5 Å². The number of hydrogen-bond acceptors (Lipinski definition) is 0. The Labute approximate surface area is 69.8 Å². The summed E-state index contributed by atoms with van der Waals surface area (Å²) in [7, 11) is 2.68. The summed E-state index contributed by atoms with van der Waals surface area (Å²) in [5.41, 5.74) is 2.28. The van der Waals surface area contributed by atoms with Gasteiger partial charge < -0.3 is 0 Å². The lowest BCUT2D eigenvalue weighted by atomic mass is 10.1. The molecule has 0 saturated carbocycles. The fourth-order valence-corrected chi connectivity index (χ4v) is 1.41. The van der Waals surface area contributed by atoms with Crippen molar-refractivity contribution in [2.24, 2.45) is 0 Å². The second kappa shape index (κ2) is 3.50. The highest BCUT2D eigenvalue weighted by molar-refractivity contribution is 7.27. The van der Waals surface area contributed by atoms with E-state index in [9.17, 15) is 0 Å². The topological polar surface area (TPSA) is 0 Å². The molecule has 0 radical (unpaired) electrons. The minimum Gasteiger partial charge on any atom is -0.105 e. The maximum atomic E-state index is 3.74. The van der Waals surface area contributed by atoms with E-state index >= 15 is 0 Å². The van der Waals surface area contributed by atoms with E-state index in [-0.39, 0.29) is 0 Å². The third-order valence-corrected chi connectivity index (χ3v) is 2.10. The van der Waals surface area contributed by atoms with Gasteiger partial charge >= 0.3 is 0 Å². The van der Waals surface area contributed by atoms with Gasteiger partial charge in [-0.05, 0) is 16.4 Å². The van der Waals surface area contributed by atoms with Crippen LogP contribution < -0.4 is 5.30 Å². The van der Waals surface area contributed by atoms with Gasteiger partial charge in [-0.15, -0.1) is 9.24 Å². The van der Waals surface area contributed by atoms with Gasteiger partial charge in [-0.2, -0.15) is 0 Å². The zero-order valence-electron chi connectivity index (χ0n) is 6.38. The molecule has 0 aromatic heterocycles. The first-order valence-corrected chi connectivity index (χ1v) is 4.00. The van der Waals surface area contributed by atoms with Crippen molar-refractivity contribution < 1.29 is 0 Å². The monoisotopic (exact) mass is 162 g/mol. The van der Waals surface area contributed by atoms with E-state index in [4.69, 9.17) is 0 Å². The van der Waals surface area contributed by atoms with Crippen molar-refractivity contribution in [1.29, 1.82) is 0 Å². The first kappa shape index (κ1) is 8.23. The molecule has 11 heavy (non-hydrogen) atoms. The number of benzene rings is 1. The molecule has 0 aliphatic rings.